The van der Waals surface area contributed by atoms with Crippen LogP contribution in [0, 0.1) is 0 Å². The third-order valence-electron chi connectivity index (χ3n) is 3.80. The Morgan fingerprint density at radius 2 is 1.79 bits per heavy atom. The topological polar surface area (TPSA) is 99.9 Å². The van der Waals surface area contributed by atoms with Crippen LogP contribution in [0.5, 0.6) is 0 Å². The fourth-order valence-electron chi connectivity index (χ4n) is 2.54. The monoisotopic (exact) mass is 328 g/mol. The first-order valence-corrected chi connectivity index (χ1v) is 7.51. The summed E-state index contributed by atoms with van der Waals surface area (Å²) >= 11 is 0. The van der Waals surface area contributed by atoms with Gasteiger partial charge in [0.25, 0.3) is 11.8 Å². The maximum Gasteiger partial charge on any atom is 0.261 e. The molecule has 2 aromatic rings. The molecule has 24 heavy (non-hydrogen) atoms. The van der Waals surface area contributed by atoms with Crippen LogP contribution in [0.15, 0.2) is 47.1 Å². The molecule has 124 valence electrons. The predicted molar refractivity (Wildman–Crippen MR) is 83.1 cm³/mol. The lowest BCUT2D eigenvalue weighted by molar-refractivity contribution is -0.121. The van der Waals surface area contributed by atoms with Crippen LogP contribution in [0.3, 0.4) is 0 Å². The maximum atomic E-state index is 12.2. The van der Waals surface area contributed by atoms with Gasteiger partial charge in [-0.15, -0.1) is 0 Å². The molecule has 1 aliphatic rings. The number of rotatable bonds is 6. The highest BCUT2D eigenvalue weighted by Crippen LogP contribution is 2.22. The molecule has 1 aromatic heterocycles. The first-order chi connectivity index (χ1) is 11.6. The van der Waals surface area contributed by atoms with Gasteiger partial charge >= 0.3 is 0 Å². The number of furan rings is 1. The number of benzene rings is 1. The average molecular weight is 328 g/mol. The van der Waals surface area contributed by atoms with E-state index in [1.54, 1.807) is 36.4 Å². The maximum absolute atomic E-state index is 12.2. The molecule has 7 heteroatoms. The molecule has 0 radical (unpaired) electrons. The molecule has 1 unspecified atom stereocenters. The van der Waals surface area contributed by atoms with Gasteiger partial charge in [-0.3, -0.25) is 19.3 Å². The van der Waals surface area contributed by atoms with Crippen molar-refractivity contribution < 1.29 is 23.9 Å². The number of nitrogens with one attached hydrogen (secondary N) is 1. The standard InChI is InChI=1S/C17H16N2O5/c20-13(14-6-3-9-24-14)10-18-15(21)7-8-19-16(22)11-4-1-2-5-12(11)17(19)23/h1-6,9,13,20H,7-8,10H2,(H,18,21). The van der Waals surface area contributed by atoms with Gasteiger partial charge in [0.05, 0.1) is 23.9 Å². The second kappa shape index (κ2) is 6.67. The van der Waals surface area contributed by atoms with Crippen LogP contribution >= 0.6 is 0 Å². The summed E-state index contributed by atoms with van der Waals surface area (Å²) in [6.07, 6.45) is 0.460. The summed E-state index contributed by atoms with van der Waals surface area (Å²) < 4.78 is 5.03. The summed E-state index contributed by atoms with van der Waals surface area (Å²) in [6, 6.07) is 9.81. The summed E-state index contributed by atoms with van der Waals surface area (Å²) in [7, 11) is 0. The zero-order valence-electron chi connectivity index (χ0n) is 12.8. The normalized spacial score (nSPS) is 14.6. The van der Waals surface area contributed by atoms with Crippen molar-refractivity contribution in [1.29, 1.82) is 0 Å². The molecule has 0 bridgehead atoms. The van der Waals surface area contributed by atoms with Crippen LogP contribution in [0.1, 0.15) is 39.0 Å². The minimum Gasteiger partial charge on any atom is -0.467 e. The molecule has 3 amide bonds. The van der Waals surface area contributed by atoms with Crippen molar-refractivity contribution in [3.8, 4) is 0 Å². The molecule has 2 heterocycles. The van der Waals surface area contributed by atoms with E-state index in [0.29, 0.717) is 16.9 Å². The van der Waals surface area contributed by atoms with Crippen molar-refractivity contribution in [3.63, 3.8) is 0 Å². The Kier molecular flexibility index (Phi) is 4.43. The van der Waals surface area contributed by atoms with Gasteiger partial charge in [0, 0.05) is 13.0 Å². The van der Waals surface area contributed by atoms with Crippen molar-refractivity contribution >= 4 is 17.7 Å². The number of nitrogens with zero attached hydrogens (tertiary/aromatic N) is 1. The zero-order valence-corrected chi connectivity index (χ0v) is 12.8. The number of hydrogen-bond donors (Lipinski definition) is 2. The Labute approximate surface area is 137 Å². The highest BCUT2D eigenvalue weighted by atomic mass is 16.4. The van der Waals surface area contributed by atoms with Crippen molar-refractivity contribution in [2.24, 2.45) is 0 Å². The molecule has 1 aromatic carbocycles. The molecule has 3 rings (SSSR count). The Hall–Kier alpha value is -2.93. The molecule has 2 N–H and O–H groups in total. The lowest BCUT2D eigenvalue weighted by atomic mass is 10.1. The van der Waals surface area contributed by atoms with Gasteiger partial charge in [0.1, 0.15) is 11.9 Å². The number of fused-ring (bicyclic) bond motifs is 1. The Morgan fingerprint density at radius 3 is 2.38 bits per heavy atom. The van der Waals surface area contributed by atoms with E-state index in [1.807, 2.05) is 0 Å². The van der Waals surface area contributed by atoms with Gasteiger partial charge in [-0.05, 0) is 24.3 Å². The Bertz CT molecular complexity index is 734. The van der Waals surface area contributed by atoms with Gasteiger partial charge in [-0.1, -0.05) is 12.1 Å². The summed E-state index contributed by atoms with van der Waals surface area (Å²) in [6.45, 7) is -0.0104. The van der Waals surface area contributed by atoms with E-state index in [-0.39, 0.29) is 37.2 Å². The van der Waals surface area contributed by atoms with E-state index < -0.39 is 6.10 Å². The van der Waals surface area contributed by atoms with Gasteiger partial charge < -0.3 is 14.8 Å². The molecule has 0 aliphatic carbocycles. The van der Waals surface area contributed by atoms with Crippen LogP contribution in [0.4, 0.5) is 0 Å². The van der Waals surface area contributed by atoms with Gasteiger partial charge in [0.15, 0.2) is 0 Å². The van der Waals surface area contributed by atoms with E-state index in [0.717, 1.165) is 4.90 Å². The van der Waals surface area contributed by atoms with Gasteiger partial charge in [-0.25, -0.2) is 0 Å². The number of aliphatic hydroxyl groups is 1. The third kappa shape index (κ3) is 3.07. The average Bonchev–Trinajstić information content (AvgIpc) is 3.20. The Morgan fingerprint density at radius 1 is 1.12 bits per heavy atom. The van der Waals surface area contributed by atoms with E-state index in [1.165, 1.54) is 6.26 Å². The second-order valence-corrected chi connectivity index (χ2v) is 5.39. The summed E-state index contributed by atoms with van der Waals surface area (Å²) in [4.78, 5) is 37.2. The molecule has 1 aliphatic heterocycles. The number of carbonyl (C=O) groups excluding carboxylic acids is 3. The number of hydrogen-bond acceptors (Lipinski definition) is 5. The van der Waals surface area contributed by atoms with Crippen LogP contribution in [0.2, 0.25) is 0 Å². The minimum atomic E-state index is -0.941. The highest BCUT2D eigenvalue weighted by molar-refractivity contribution is 6.21. The van der Waals surface area contributed by atoms with E-state index in [9.17, 15) is 19.5 Å². The molecule has 0 saturated carbocycles. The largest absolute Gasteiger partial charge is 0.467 e. The quantitative estimate of drug-likeness (QED) is 0.774. The molecular formula is C17H16N2O5. The molecule has 0 fully saturated rings. The van der Waals surface area contributed by atoms with Crippen LogP contribution in [0.25, 0.3) is 0 Å². The van der Waals surface area contributed by atoms with Crippen LogP contribution in [-0.4, -0.2) is 40.8 Å². The SMILES string of the molecule is O=C(CCN1C(=O)c2ccccc2C1=O)NCC(O)c1ccco1. The second-order valence-electron chi connectivity index (χ2n) is 5.39. The molecule has 7 nitrogen and oxygen atoms in total. The van der Waals surface area contributed by atoms with Crippen LogP contribution in [-0.2, 0) is 4.79 Å². The first kappa shape index (κ1) is 15.9. The number of carbonyl (C=O) groups is 3. The Balaban J connectivity index is 1.50. The molecule has 0 spiro atoms. The lowest BCUT2D eigenvalue weighted by Crippen LogP contribution is -2.35. The summed E-state index contributed by atoms with van der Waals surface area (Å²) in [5, 5.41) is 12.4. The number of aliphatic hydroxyl groups excluding tert-OH is 1. The third-order valence-corrected chi connectivity index (χ3v) is 3.80. The van der Waals surface area contributed by atoms with Gasteiger partial charge in [-0.2, -0.15) is 0 Å². The van der Waals surface area contributed by atoms with Crippen molar-refractivity contribution in [3.05, 3.63) is 59.5 Å². The summed E-state index contributed by atoms with van der Waals surface area (Å²) in [5.74, 6) is -0.786. The molecule has 0 saturated heterocycles. The van der Waals surface area contributed by atoms with Gasteiger partial charge in [0.2, 0.25) is 5.91 Å². The van der Waals surface area contributed by atoms with E-state index >= 15 is 0 Å². The fourth-order valence-corrected chi connectivity index (χ4v) is 2.54. The highest BCUT2D eigenvalue weighted by Gasteiger charge is 2.34. The predicted octanol–water partition coefficient (Wildman–Crippen LogP) is 1.12. The minimum absolute atomic E-state index is 0.00493. The van der Waals surface area contributed by atoms with E-state index in [2.05, 4.69) is 5.32 Å². The zero-order chi connectivity index (χ0) is 17.1. The van der Waals surface area contributed by atoms with Crippen molar-refractivity contribution in [2.45, 2.75) is 12.5 Å². The first-order valence-electron chi connectivity index (χ1n) is 7.51. The summed E-state index contributed by atoms with van der Waals surface area (Å²) in [5.41, 5.74) is 0.715. The smallest absolute Gasteiger partial charge is 0.261 e. The molecule has 1 atom stereocenters. The van der Waals surface area contributed by atoms with Crippen LogP contribution < -0.4 is 5.32 Å². The van der Waals surface area contributed by atoms with Crippen molar-refractivity contribution in [1.82, 2.24) is 10.2 Å². The number of imide groups is 1. The van der Waals surface area contributed by atoms with E-state index in [4.69, 9.17) is 4.42 Å². The number of amides is 3. The van der Waals surface area contributed by atoms with Crippen molar-refractivity contribution in [2.75, 3.05) is 13.1 Å². The fraction of sp³-hybridized carbons (Fsp3) is 0.235. The lowest BCUT2D eigenvalue weighted by Gasteiger charge is -2.14. The molecular weight excluding hydrogens is 312 g/mol.